The molecule has 78 valence electrons. The van der Waals surface area contributed by atoms with Crippen LogP contribution in [0.4, 0.5) is 0 Å². The van der Waals surface area contributed by atoms with Crippen molar-refractivity contribution in [2.75, 3.05) is 6.61 Å². The summed E-state index contributed by atoms with van der Waals surface area (Å²) in [6, 6.07) is 4.88. The molecule has 0 aromatic heterocycles. The molecule has 0 saturated heterocycles. The van der Waals surface area contributed by atoms with Gasteiger partial charge in [-0.15, -0.1) is 0 Å². The van der Waals surface area contributed by atoms with Gasteiger partial charge >= 0.3 is 5.97 Å². The molecule has 15 heavy (non-hydrogen) atoms. The highest BCUT2D eigenvalue weighted by atomic mass is 35.5. The summed E-state index contributed by atoms with van der Waals surface area (Å²) in [6.07, 6.45) is -0.105. The lowest BCUT2D eigenvalue weighted by Crippen LogP contribution is -2.00. The third-order valence-corrected chi connectivity index (χ3v) is 2.06. The average Bonchev–Trinajstić information content (AvgIpc) is 2.18. The first-order chi connectivity index (χ1) is 7.13. The van der Waals surface area contributed by atoms with Crippen molar-refractivity contribution in [3.8, 4) is 11.8 Å². The van der Waals surface area contributed by atoms with Gasteiger partial charge in [-0.05, 0) is 17.7 Å². The molecule has 0 bridgehead atoms. The zero-order chi connectivity index (χ0) is 11.3. The van der Waals surface area contributed by atoms with Crippen molar-refractivity contribution < 1.29 is 15.0 Å². The number of benzene rings is 1. The van der Waals surface area contributed by atoms with E-state index in [-0.39, 0.29) is 13.0 Å². The highest BCUT2D eigenvalue weighted by Gasteiger charge is 2.05. The van der Waals surface area contributed by atoms with Gasteiger partial charge in [0.1, 0.15) is 6.61 Å². The van der Waals surface area contributed by atoms with E-state index in [1.807, 2.05) is 0 Å². The summed E-state index contributed by atoms with van der Waals surface area (Å²) >= 11 is 5.86. The van der Waals surface area contributed by atoms with E-state index in [0.29, 0.717) is 16.1 Å². The van der Waals surface area contributed by atoms with Crippen LogP contribution >= 0.6 is 11.6 Å². The molecule has 0 aliphatic heterocycles. The smallest absolute Gasteiger partial charge is 0.307 e. The number of halogens is 1. The topological polar surface area (TPSA) is 57.5 Å². The summed E-state index contributed by atoms with van der Waals surface area (Å²) in [6.45, 7) is -0.214. The summed E-state index contributed by atoms with van der Waals surface area (Å²) < 4.78 is 0. The average molecular weight is 225 g/mol. The van der Waals surface area contributed by atoms with Crippen molar-refractivity contribution in [3.63, 3.8) is 0 Å². The summed E-state index contributed by atoms with van der Waals surface area (Å²) in [5.74, 6) is 4.24. The predicted molar refractivity (Wildman–Crippen MR) is 56.8 cm³/mol. The van der Waals surface area contributed by atoms with E-state index >= 15 is 0 Å². The van der Waals surface area contributed by atoms with Crippen molar-refractivity contribution in [1.29, 1.82) is 0 Å². The van der Waals surface area contributed by atoms with Crippen LogP contribution < -0.4 is 0 Å². The van der Waals surface area contributed by atoms with Crippen LogP contribution in [0.15, 0.2) is 18.2 Å². The third kappa shape index (κ3) is 3.62. The lowest BCUT2D eigenvalue weighted by atomic mass is 10.1. The van der Waals surface area contributed by atoms with Gasteiger partial charge in [-0.25, -0.2) is 0 Å². The molecule has 1 aromatic rings. The number of aliphatic carboxylic acids is 1. The maximum absolute atomic E-state index is 10.5. The Bertz CT molecular complexity index is 429. The molecule has 0 atom stereocenters. The molecule has 0 aliphatic carbocycles. The fourth-order valence-electron chi connectivity index (χ4n) is 1.07. The predicted octanol–water partition coefficient (Wildman–Crippen LogP) is 1.31. The van der Waals surface area contributed by atoms with Crippen molar-refractivity contribution in [1.82, 2.24) is 0 Å². The first-order valence-corrected chi connectivity index (χ1v) is 4.61. The molecule has 1 rings (SSSR count). The van der Waals surface area contributed by atoms with Gasteiger partial charge < -0.3 is 10.2 Å². The monoisotopic (exact) mass is 224 g/mol. The van der Waals surface area contributed by atoms with Crippen LogP contribution in [0.25, 0.3) is 0 Å². The van der Waals surface area contributed by atoms with Gasteiger partial charge in [-0.2, -0.15) is 0 Å². The standard InChI is InChI=1S/C11H9ClO3/c12-10-6-8(2-1-5-13)3-4-9(10)7-11(14)15/h3-4,6,13H,5,7H2,(H,14,15). The molecule has 3 nitrogen and oxygen atoms in total. The Kier molecular flexibility index (Phi) is 4.17. The van der Waals surface area contributed by atoms with E-state index in [1.54, 1.807) is 18.2 Å². The number of carboxylic acids is 1. The van der Waals surface area contributed by atoms with Gasteiger partial charge in [0.05, 0.1) is 6.42 Å². The van der Waals surface area contributed by atoms with Gasteiger partial charge in [0.15, 0.2) is 0 Å². The number of hydrogen-bond acceptors (Lipinski definition) is 2. The van der Waals surface area contributed by atoms with Crippen molar-refractivity contribution in [2.45, 2.75) is 6.42 Å². The second-order valence-corrected chi connectivity index (χ2v) is 3.24. The van der Waals surface area contributed by atoms with E-state index in [2.05, 4.69) is 11.8 Å². The van der Waals surface area contributed by atoms with Gasteiger partial charge in [0.2, 0.25) is 0 Å². The molecular weight excluding hydrogens is 216 g/mol. The Balaban J connectivity index is 2.92. The van der Waals surface area contributed by atoms with Gasteiger partial charge in [0, 0.05) is 10.6 Å². The molecule has 0 unspecified atom stereocenters. The quantitative estimate of drug-likeness (QED) is 0.745. The number of carbonyl (C=O) groups is 1. The second kappa shape index (κ2) is 5.40. The lowest BCUT2D eigenvalue weighted by Gasteiger charge is -2.00. The highest BCUT2D eigenvalue weighted by Crippen LogP contribution is 2.18. The number of hydrogen-bond donors (Lipinski definition) is 2. The Labute approximate surface area is 92.3 Å². The molecule has 0 spiro atoms. The fourth-order valence-corrected chi connectivity index (χ4v) is 1.32. The van der Waals surface area contributed by atoms with E-state index < -0.39 is 5.97 Å². The normalized spacial score (nSPS) is 9.20. The summed E-state index contributed by atoms with van der Waals surface area (Å²) in [5.41, 5.74) is 1.21. The summed E-state index contributed by atoms with van der Waals surface area (Å²) in [5, 5.41) is 17.4. The highest BCUT2D eigenvalue weighted by molar-refractivity contribution is 6.31. The molecule has 0 heterocycles. The minimum Gasteiger partial charge on any atom is -0.481 e. The second-order valence-electron chi connectivity index (χ2n) is 2.84. The molecule has 0 saturated carbocycles. The van der Waals surface area contributed by atoms with E-state index in [1.165, 1.54) is 0 Å². The van der Waals surface area contributed by atoms with E-state index in [9.17, 15) is 4.79 Å². The molecular formula is C11H9ClO3. The molecule has 1 aromatic carbocycles. The zero-order valence-corrected chi connectivity index (χ0v) is 8.58. The van der Waals surface area contributed by atoms with E-state index in [4.69, 9.17) is 21.8 Å². The Hall–Kier alpha value is -1.50. The number of aliphatic hydroxyl groups is 1. The van der Waals surface area contributed by atoms with Gasteiger partial charge in [-0.1, -0.05) is 29.5 Å². The van der Waals surface area contributed by atoms with Crippen molar-refractivity contribution >= 4 is 17.6 Å². The largest absolute Gasteiger partial charge is 0.481 e. The van der Waals surface area contributed by atoms with Crippen molar-refractivity contribution in [2.24, 2.45) is 0 Å². The number of aliphatic hydroxyl groups excluding tert-OH is 1. The first-order valence-electron chi connectivity index (χ1n) is 4.23. The van der Waals surface area contributed by atoms with Crippen LogP contribution in [-0.4, -0.2) is 22.8 Å². The van der Waals surface area contributed by atoms with Crippen LogP contribution in [0.3, 0.4) is 0 Å². The van der Waals surface area contributed by atoms with E-state index in [0.717, 1.165) is 0 Å². The Morgan fingerprint density at radius 3 is 2.73 bits per heavy atom. The van der Waals surface area contributed by atoms with Gasteiger partial charge in [-0.3, -0.25) is 4.79 Å². The van der Waals surface area contributed by atoms with Gasteiger partial charge in [0.25, 0.3) is 0 Å². The van der Waals surface area contributed by atoms with Crippen LogP contribution in [-0.2, 0) is 11.2 Å². The molecule has 0 aliphatic rings. The molecule has 0 fully saturated rings. The van der Waals surface area contributed by atoms with Crippen LogP contribution in [0, 0.1) is 11.8 Å². The maximum atomic E-state index is 10.5. The Morgan fingerprint density at radius 1 is 1.47 bits per heavy atom. The molecule has 4 heteroatoms. The fraction of sp³-hybridized carbons (Fsp3) is 0.182. The molecule has 2 N–H and O–H groups in total. The summed E-state index contributed by atoms with van der Waals surface area (Å²) in [7, 11) is 0. The zero-order valence-electron chi connectivity index (χ0n) is 7.83. The molecule has 0 radical (unpaired) electrons. The minimum absolute atomic E-state index is 0.105. The molecule has 0 amide bonds. The minimum atomic E-state index is -0.925. The summed E-state index contributed by atoms with van der Waals surface area (Å²) in [4.78, 5) is 10.5. The van der Waals surface area contributed by atoms with Crippen LogP contribution in [0.2, 0.25) is 5.02 Å². The maximum Gasteiger partial charge on any atom is 0.307 e. The lowest BCUT2D eigenvalue weighted by molar-refractivity contribution is -0.136. The van der Waals surface area contributed by atoms with Crippen LogP contribution in [0.1, 0.15) is 11.1 Å². The SMILES string of the molecule is O=C(O)Cc1ccc(C#CCO)cc1Cl. The number of carboxylic acid groups (broad SMARTS) is 1. The third-order valence-electron chi connectivity index (χ3n) is 1.71. The first kappa shape index (κ1) is 11.6. The van der Waals surface area contributed by atoms with Crippen molar-refractivity contribution in [3.05, 3.63) is 34.3 Å². The van der Waals surface area contributed by atoms with Crippen LogP contribution in [0.5, 0.6) is 0 Å². The Morgan fingerprint density at radius 2 is 2.20 bits per heavy atom. The number of rotatable bonds is 2.